The van der Waals surface area contributed by atoms with Crippen LogP contribution in [0.4, 0.5) is 5.69 Å². The Hall–Kier alpha value is -5.06. The van der Waals surface area contributed by atoms with Gasteiger partial charge >= 0.3 is 5.97 Å². The third-order valence-electron chi connectivity index (χ3n) is 10.9. The number of hydrogen-bond acceptors (Lipinski definition) is 8. The van der Waals surface area contributed by atoms with Crippen molar-refractivity contribution in [3.05, 3.63) is 109 Å². The van der Waals surface area contributed by atoms with Gasteiger partial charge in [0, 0.05) is 35.8 Å². The predicted molar refractivity (Wildman–Crippen MR) is 212 cm³/mol. The summed E-state index contributed by atoms with van der Waals surface area (Å²) in [5.74, 6) is 0.272. The summed E-state index contributed by atoms with van der Waals surface area (Å²) in [7, 11) is 1.29. The van der Waals surface area contributed by atoms with E-state index in [1.54, 1.807) is 48.2 Å². The molecule has 11 nitrogen and oxygen atoms in total. The third-order valence-corrected chi connectivity index (χ3v) is 10.9. The van der Waals surface area contributed by atoms with Crippen LogP contribution in [0, 0.1) is 17.0 Å². The molecule has 4 rings (SSSR count). The number of hydrogen-bond donors (Lipinski definition) is 0. The van der Waals surface area contributed by atoms with Crippen LogP contribution in [0.3, 0.4) is 0 Å². The topological polar surface area (TPSA) is 134 Å². The minimum Gasteiger partial charge on any atom is -0.493 e. The zero-order valence-corrected chi connectivity index (χ0v) is 33.4. The molecule has 290 valence electrons. The maximum absolute atomic E-state index is 14.5. The monoisotopic (exact) mass is 740 g/mol. The van der Waals surface area contributed by atoms with E-state index in [1.165, 1.54) is 28.9 Å². The van der Waals surface area contributed by atoms with Crippen LogP contribution in [0.25, 0.3) is 10.9 Å². The molecule has 0 N–H and O–H groups in total. The fourth-order valence-electron chi connectivity index (χ4n) is 6.57. The zero-order chi connectivity index (χ0) is 39.8. The number of nitro benzene ring substituents is 1. The molecule has 54 heavy (non-hydrogen) atoms. The van der Waals surface area contributed by atoms with Crippen LogP contribution in [0.15, 0.2) is 65.5 Å². The average molecular weight is 741 g/mol. The Balaban J connectivity index is 1.70. The molecule has 0 aliphatic carbocycles. The number of aryl methyl sites for hydroxylation is 1. The number of ether oxygens (including phenoxy) is 2. The number of benzene rings is 3. The molecular weight excluding hydrogens is 684 g/mol. The fourth-order valence-corrected chi connectivity index (χ4v) is 6.57. The average Bonchev–Trinajstić information content (AvgIpc) is 3.16. The summed E-state index contributed by atoms with van der Waals surface area (Å²) >= 11 is 0. The number of nitrogens with zero attached hydrogens (tertiary/aromatic N) is 4. The van der Waals surface area contributed by atoms with Crippen molar-refractivity contribution < 1.29 is 24.0 Å². The van der Waals surface area contributed by atoms with E-state index in [-0.39, 0.29) is 47.2 Å². The summed E-state index contributed by atoms with van der Waals surface area (Å²) in [6.07, 6.45) is 3.43. The number of carbonyl (C=O) groups is 2. The second kappa shape index (κ2) is 17.8. The van der Waals surface area contributed by atoms with Crippen LogP contribution < -0.4 is 10.3 Å². The highest BCUT2D eigenvalue weighted by molar-refractivity contribution is 5.95. The first-order valence-corrected chi connectivity index (χ1v) is 19.0. The molecule has 11 heteroatoms. The molecule has 0 saturated carbocycles. The van der Waals surface area contributed by atoms with Crippen LogP contribution in [-0.2, 0) is 26.9 Å². The summed E-state index contributed by atoms with van der Waals surface area (Å²) in [5.41, 5.74) is 2.97. The van der Waals surface area contributed by atoms with Gasteiger partial charge < -0.3 is 14.4 Å². The van der Waals surface area contributed by atoms with Gasteiger partial charge in [-0.05, 0) is 79.7 Å². The van der Waals surface area contributed by atoms with Crippen LogP contribution in [-0.4, -0.2) is 51.5 Å². The molecule has 0 spiro atoms. The number of para-hydroxylation sites is 1. The summed E-state index contributed by atoms with van der Waals surface area (Å²) in [5, 5.41) is 12.3. The lowest BCUT2D eigenvalue weighted by molar-refractivity contribution is -0.385. The molecule has 0 aliphatic rings. The Bertz CT molecular complexity index is 2030. The maximum atomic E-state index is 14.5. The number of carbonyl (C=O) groups excluding carboxylic acids is 2. The molecule has 0 aliphatic heterocycles. The van der Waals surface area contributed by atoms with Crippen molar-refractivity contribution in [1.29, 1.82) is 0 Å². The number of nitro groups is 1. The second-order valence-electron chi connectivity index (χ2n) is 15.2. The van der Waals surface area contributed by atoms with E-state index in [9.17, 15) is 24.5 Å². The number of methoxy groups -OCH3 is 1. The van der Waals surface area contributed by atoms with Crippen LogP contribution in [0.5, 0.6) is 5.75 Å². The smallest absolute Gasteiger partial charge is 0.307 e. The van der Waals surface area contributed by atoms with Gasteiger partial charge in [0.15, 0.2) is 0 Å². The standard InChI is InChI=1S/C43H56N4O7/c1-10-35(39-44-34-18-14-13-17-32(34)41(50)46(39)25-23-38(48)53-9)45(40(49)30-20-19-29(4)36(27-30)47(51)52)24-15-16-26-54-37-22-21-31(42(5,6)11-2)28-33(37)43(7,8)12-3/h13-14,17-22,27-28,35H,10-12,15-16,23-26H2,1-9H3. The van der Waals surface area contributed by atoms with E-state index >= 15 is 0 Å². The molecule has 1 heterocycles. The minimum atomic E-state index is -0.694. The molecular formula is C43H56N4O7. The van der Waals surface area contributed by atoms with E-state index in [0.29, 0.717) is 48.2 Å². The van der Waals surface area contributed by atoms with Gasteiger partial charge in [-0.2, -0.15) is 0 Å². The molecule has 1 unspecified atom stereocenters. The van der Waals surface area contributed by atoms with Gasteiger partial charge in [0.2, 0.25) is 0 Å². The first-order chi connectivity index (χ1) is 25.6. The van der Waals surface area contributed by atoms with E-state index in [4.69, 9.17) is 14.5 Å². The highest BCUT2D eigenvalue weighted by Crippen LogP contribution is 2.38. The van der Waals surface area contributed by atoms with E-state index < -0.39 is 22.8 Å². The molecule has 1 atom stereocenters. The molecule has 1 aromatic heterocycles. The Morgan fingerprint density at radius 2 is 1.67 bits per heavy atom. The Kier molecular flexibility index (Phi) is 13.8. The first-order valence-electron chi connectivity index (χ1n) is 19.0. The van der Waals surface area contributed by atoms with Crippen molar-refractivity contribution in [2.75, 3.05) is 20.3 Å². The largest absolute Gasteiger partial charge is 0.493 e. The fraction of sp³-hybridized carbons (Fsp3) is 0.488. The lowest BCUT2D eigenvalue weighted by Gasteiger charge is -2.33. The third kappa shape index (κ3) is 9.35. The summed E-state index contributed by atoms with van der Waals surface area (Å²) in [6, 6.07) is 17.2. The summed E-state index contributed by atoms with van der Waals surface area (Å²) < 4.78 is 12.8. The van der Waals surface area contributed by atoms with Gasteiger partial charge in [-0.25, -0.2) is 4.98 Å². The van der Waals surface area contributed by atoms with Gasteiger partial charge in [0.25, 0.3) is 17.2 Å². The summed E-state index contributed by atoms with van der Waals surface area (Å²) in [6.45, 7) is 17.6. The lowest BCUT2D eigenvalue weighted by Crippen LogP contribution is -2.40. The Labute approximate surface area is 318 Å². The van der Waals surface area contributed by atoms with E-state index in [1.807, 2.05) is 6.92 Å². The van der Waals surface area contributed by atoms with Crippen LogP contribution in [0.2, 0.25) is 0 Å². The second-order valence-corrected chi connectivity index (χ2v) is 15.2. The van der Waals surface area contributed by atoms with Gasteiger partial charge in [0.05, 0.1) is 42.0 Å². The van der Waals surface area contributed by atoms with Gasteiger partial charge in [-0.1, -0.05) is 78.8 Å². The highest BCUT2D eigenvalue weighted by Gasteiger charge is 2.31. The molecule has 0 saturated heterocycles. The van der Waals surface area contributed by atoms with Crippen molar-refractivity contribution in [3.8, 4) is 5.75 Å². The Morgan fingerprint density at radius 3 is 2.31 bits per heavy atom. The van der Waals surface area contributed by atoms with E-state index in [2.05, 4.69) is 59.7 Å². The number of esters is 1. The zero-order valence-electron chi connectivity index (χ0n) is 33.4. The van der Waals surface area contributed by atoms with E-state index in [0.717, 1.165) is 18.6 Å². The van der Waals surface area contributed by atoms with Crippen molar-refractivity contribution in [1.82, 2.24) is 14.5 Å². The molecule has 0 bridgehead atoms. The number of rotatable bonds is 18. The van der Waals surface area contributed by atoms with Gasteiger partial charge in [-0.15, -0.1) is 0 Å². The van der Waals surface area contributed by atoms with Crippen molar-refractivity contribution in [2.24, 2.45) is 0 Å². The van der Waals surface area contributed by atoms with Crippen molar-refractivity contribution in [2.45, 2.75) is 117 Å². The quantitative estimate of drug-likeness (QED) is 0.0427. The predicted octanol–water partition coefficient (Wildman–Crippen LogP) is 9.00. The number of unbranched alkanes of at least 4 members (excludes halogenated alkanes) is 1. The van der Waals surface area contributed by atoms with Gasteiger partial charge in [-0.3, -0.25) is 29.1 Å². The summed E-state index contributed by atoms with van der Waals surface area (Å²) in [4.78, 5) is 58.5. The molecule has 3 aromatic carbocycles. The van der Waals surface area contributed by atoms with Crippen LogP contribution in [0.1, 0.15) is 126 Å². The van der Waals surface area contributed by atoms with Gasteiger partial charge in [0.1, 0.15) is 11.6 Å². The molecule has 1 amide bonds. The van der Waals surface area contributed by atoms with Crippen molar-refractivity contribution in [3.63, 3.8) is 0 Å². The maximum Gasteiger partial charge on any atom is 0.307 e. The van der Waals surface area contributed by atoms with Crippen LogP contribution >= 0.6 is 0 Å². The normalized spacial score (nSPS) is 12.4. The SMILES string of the molecule is CCC(c1nc2ccccc2c(=O)n1CCC(=O)OC)N(CCCCOc1ccc(C(C)(C)CC)cc1C(C)(C)CC)C(=O)c1ccc(C)c([N+](=O)[O-])c1. The minimum absolute atomic E-state index is 0.00567. The molecule has 0 radical (unpaired) electrons. The number of fused-ring (bicyclic) bond motifs is 1. The molecule has 0 fully saturated rings. The first kappa shape index (κ1) is 41.7. The number of amides is 1. The number of aromatic nitrogens is 2. The molecule has 4 aromatic rings. The Morgan fingerprint density at radius 1 is 0.963 bits per heavy atom. The highest BCUT2D eigenvalue weighted by atomic mass is 16.6. The van der Waals surface area contributed by atoms with Crippen molar-refractivity contribution >= 4 is 28.5 Å². The lowest BCUT2D eigenvalue weighted by atomic mass is 9.76.